The molecule has 0 saturated carbocycles. The van der Waals surface area contributed by atoms with Crippen LogP contribution in [0.2, 0.25) is 0 Å². The van der Waals surface area contributed by atoms with Crippen LogP contribution in [0.1, 0.15) is 17.5 Å². The molecule has 0 saturated heterocycles. The Morgan fingerprint density at radius 1 is 1.39 bits per heavy atom. The summed E-state index contributed by atoms with van der Waals surface area (Å²) in [5.41, 5.74) is 1.85. The number of nitriles is 1. The summed E-state index contributed by atoms with van der Waals surface area (Å²) >= 11 is 0. The summed E-state index contributed by atoms with van der Waals surface area (Å²) < 4.78 is 24.6. The van der Waals surface area contributed by atoms with Gasteiger partial charge in [-0.15, -0.1) is 0 Å². The summed E-state index contributed by atoms with van der Waals surface area (Å²) in [6, 6.07) is 5.08. The van der Waals surface area contributed by atoms with Crippen molar-refractivity contribution in [2.24, 2.45) is 0 Å². The molecule has 6 heteroatoms. The Bertz CT molecular complexity index is 671. The zero-order chi connectivity index (χ0) is 13.5. The Balaban J connectivity index is 2.71. The van der Waals surface area contributed by atoms with Gasteiger partial charge in [0.05, 0.1) is 23.1 Å². The third-order valence-electron chi connectivity index (χ3n) is 2.94. The maximum absolute atomic E-state index is 12.3. The maximum Gasteiger partial charge on any atom is 0.244 e. The van der Waals surface area contributed by atoms with Crippen molar-refractivity contribution in [2.45, 2.75) is 30.4 Å². The van der Waals surface area contributed by atoms with Crippen LogP contribution in [0.15, 0.2) is 17.0 Å². The third kappa shape index (κ3) is 1.77. The van der Waals surface area contributed by atoms with Crippen molar-refractivity contribution in [1.82, 2.24) is 0 Å². The zero-order valence-electron chi connectivity index (χ0n) is 10.0. The number of aryl methyl sites for hydroxylation is 2. The summed E-state index contributed by atoms with van der Waals surface area (Å²) in [4.78, 5) is 11.9. The minimum absolute atomic E-state index is 0.111. The van der Waals surface area contributed by atoms with Crippen molar-refractivity contribution in [3.8, 4) is 6.07 Å². The molecule has 1 aliphatic rings. The van der Waals surface area contributed by atoms with Crippen LogP contribution in [-0.2, 0) is 14.6 Å². The monoisotopic (exact) mass is 264 g/mol. The molecule has 1 atom stereocenters. The maximum atomic E-state index is 12.3. The van der Waals surface area contributed by atoms with Gasteiger partial charge in [0.15, 0.2) is 15.1 Å². The molecular weight excluding hydrogens is 252 g/mol. The molecule has 2 rings (SSSR count). The topological polar surface area (TPSA) is 87.0 Å². The second kappa shape index (κ2) is 4.10. The predicted octanol–water partition coefficient (Wildman–Crippen LogP) is 1.31. The third-order valence-corrected chi connectivity index (χ3v) is 5.01. The average molecular weight is 264 g/mol. The summed E-state index contributed by atoms with van der Waals surface area (Å²) in [6.07, 6.45) is -0.333. The van der Waals surface area contributed by atoms with Gasteiger partial charge in [0.1, 0.15) is 0 Å². The number of fused-ring (bicyclic) bond motifs is 1. The van der Waals surface area contributed by atoms with Crippen molar-refractivity contribution in [3.63, 3.8) is 0 Å². The SMILES string of the molecule is Cc1cc(C)c2c(c1)S(=O)(=O)C(CC#N)C(=O)N2. The highest BCUT2D eigenvalue weighted by Gasteiger charge is 2.40. The lowest BCUT2D eigenvalue weighted by molar-refractivity contribution is -0.115. The number of amides is 1. The van der Waals surface area contributed by atoms with Crippen molar-refractivity contribution in [3.05, 3.63) is 23.3 Å². The fraction of sp³-hybridized carbons (Fsp3) is 0.333. The number of carbonyl (C=O) groups is 1. The van der Waals surface area contributed by atoms with E-state index < -0.39 is 21.0 Å². The Morgan fingerprint density at radius 2 is 2.06 bits per heavy atom. The molecule has 1 amide bonds. The van der Waals surface area contributed by atoms with E-state index in [2.05, 4.69) is 5.32 Å². The molecule has 0 radical (unpaired) electrons. The largest absolute Gasteiger partial charge is 0.324 e. The van der Waals surface area contributed by atoms with Crippen LogP contribution in [-0.4, -0.2) is 19.6 Å². The number of nitrogens with zero attached hydrogens (tertiary/aromatic N) is 1. The Kier molecular flexibility index (Phi) is 2.87. The molecule has 0 aromatic heterocycles. The van der Waals surface area contributed by atoms with Crippen LogP contribution in [0.4, 0.5) is 5.69 Å². The van der Waals surface area contributed by atoms with Crippen LogP contribution >= 0.6 is 0 Å². The van der Waals surface area contributed by atoms with Crippen molar-refractivity contribution in [2.75, 3.05) is 5.32 Å². The lowest BCUT2D eigenvalue weighted by Gasteiger charge is -2.25. The van der Waals surface area contributed by atoms with E-state index in [1.807, 2.05) is 0 Å². The molecule has 0 bridgehead atoms. The fourth-order valence-electron chi connectivity index (χ4n) is 2.10. The predicted molar refractivity (Wildman–Crippen MR) is 65.7 cm³/mol. The smallest absolute Gasteiger partial charge is 0.244 e. The highest BCUT2D eigenvalue weighted by Crippen LogP contribution is 2.34. The molecule has 1 N–H and O–H groups in total. The van der Waals surface area contributed by atoms with E-state index in [-0.39, 0.29) is 11.3 Å². The fourth-order valence-corrected chi connectivity index (χ4v) is 3.88. The molecule has 5 nitrogen and oxygen atoms in total. The second-order valence-electron chi connectivity index (χ2n) is 4.34. The van der Waals surface area contributed by atoms with Crippen LogP contribution < -0.4 is 5.32 Å². The van der Waals surface area contributed by atoms with E-state index >= 15 is 0 Å². The van der Waals surface area contributed by atoms with Crippen LogP contribution in [0.5, 0.6) is 0 Å². The quantitative estimate of drug-likeness (QED) is 0.828. The van der Waals surface area contributed by atoms with Gasteiger partial charge in [0.25, 0.3) is 0 Å². The number of sulfone groups is 1. The van der Waals surface area contributed by atoms with Gasteiger partial charge in [-0.2, -0.15) is 5.26 Å². The molecule has 1 heterocycles. The van der Waals surface area contributed by atoms with Gasteiger partial charge >= 0.3 is 0 Å². The van der Waals surface area contributed by atoms with E-state index in [4.69, 9.17) is 5.26 Å². The molecule has 0 aliphatic carbocycles. The lowest BCUT2D eigenvalue weighted by atomic mass is 10.1. The average Bonchev–Trinajstić information content (AvgIpc) is 2.26. The highest BCUT2D eigenvalue weighted by molar-refractivity contribution is 7.93. The van der Waals surface area contributed by atoms with Gasteiger partial charge in [-0.05, 0) is 31.0 Å². The summed E-state index contributed by atoms with van der Waals surface area (Å²) in [7, 11) is -3.77. The molecule has 1 unspecified atom stereocenters. The van der Waals surface area contributed by atoms with Crippen LogP contribution in [0, 0.1) is 25.2 Å². The molecule has 94 valence electrons. The van der Waals surface area contributed by atoms with Crippen molar-refractivity contribution in [1.29, 1.82) is 5.26 Å². The van der Waals surface area contributed by atoms with Gasteiger partial charge in [-0.1, -0.05) is 6.07 Å². The Labute approximate surface area is 105 Å². The number of rotatable bonds is 1. The van der Waals surface area contributed by atoms with Crippen molar-refractivity contribution >= 4 is 21.4 Å². The first-order chi connectivity index (χ1) is 8.37. The molecule has 0 fully saturated rings. The second-order valence-corrected chi connectivity index (χ2v) is 6.44. The standard InChI is InChI=1S/C12H12N2O3S/c1-7-5-8(2)11-10(6-7)18(16,17)9(3-4-13)12(15)14-11/h5-6,9H,3H2,1-2H3,(H,14,15). The van der Waals surface area contributed by atoms with E-state index in [1.165, 1.54) is 6.07 Å². The number of benzene rings is 1. The van der Waals surface area contributed by atoms with E-state index in [0.717, 1.165) is 5.56 Å². The number of nitrogens with one attached hydrogen (secondary N) is 1. The minimum Gasteiger partial charge on any atom is -0.324 e. The normalized spacial score (nSPS) is 20.7. The molecule has 1 aromatic rings. The lowest BCUT2D eigenvalue weighted by Crippen LogP contribution is -2.40. The Hall–Kier alpha value is -1.87. The number of hydrogen-bond acceptors (Lipinski definition) is 4. The number of hydrogen-bond donors (Lipinski definition) is 1. The Morgan fingerprint density at radius 3 is 2.67 bits per heavy atom. The zero-order valence-corrected chi connectivity index (χ0v) is 10.8. The summed E-state index contributed by atoms with van der Waals surface area (Å²) in [5, 5.41) is 9.90. The van der Waals surface area contributed by atoms with Gasteiger partial charge in [-0.25, -0.2) is 8.42 Å². The van der Waals surface area contributed by atoms with Gasteiger partial charge < -0.3 is 5.32 Å². The van der Waals surface area contributed by atoms with E-state index in [1.54, 1.807) is 26.0 Å². The first-order valence-corrected chi connectivity index (χ1v) is 6.95. The van der Waals surface area contributed by atoms with E-state index in [9.17, 15) is 13.2 Å². The molecular formula is C12H12N2O3S. The number of carbonyl (C=O) groups excluding carboxylic acids is 1. The molecule has 1 aliphatic heterocycles. The first kappa shape index (κ1) is 12.6. The summed E-state index contributed by atoms with van der Waals surface area (Å²) in [5.74, 6) is -0.629. The number of anilines is 1. The van der Waals surface area contributed by atoms with Gasteiger partial charge in [0, 0.05) is 0 Å². The van der Waals surface area contributed by atoms with E-state index in [0.29, 0.717) is 11.3 Å². The van der Waals surface area contributed by atoms with Gasteiger partial charge in [0.2, 0.25) is 5.91 Å². The highest BCUT2D eigenvalue weighted by atomic mass is 32.2. The summed E-state index contributed by atoms with van der Waals surface area (Å²) in [6.45, 7) is 3.53. The molecule has 1 aromatic carbocycles. The van der Waals surface area contributed by atoms with Crippen LogP contribution in [0.3, 0.4) is 0 Å². The minimum atomic E-state index is -3.77. The first-order valence-electron chi connectivity index (χ1n) is 5.41. The van der Waals surface area contributed by atoms with Gasteiger partial charge in [-0.3, -0.25) is 4.79 Å². The van der Waals surface area contributed by atoms with Crippen LogP contribution in [0.25, 0.3) is 0 Å². The molecule has 0 spiro atoms. The van der Waals surface area contributed by atoms with Crippen molar-refractivity contribution < 1.29 is 13.2 Å². The molecule has 18 heavy (non-hydrogen) atoms.